The lowest BCUT2D eigenvalue weighted by molar-refractivity contribution is -0.123. The first-order valence-electron chi connectivity index (χ1n) is 23.9. The molecule has 0 saturated carbocycles. The molecule has 5 N–H and O–H groups in total. The van der Waals surface area contributed by atoms with E-state index in [9.17, 15) is 19.6 Å². The summed E-state index contributed by atoms with van der Waals surface area (Å²) in [7, 11) is 0. The van der Waals surface area contributed by atoms with Crippen molar-refractivity contribution in [1.29, 1.82) is 5.26 Å². The second-order valence-electron chi connectivity index (χ2n) is 20.1. The van der Waals surface area contributed by atoms with Crippen molar-refractivity contribution in [1.82, 2.24) is 30.1 Å². The molecule has 3 aromatic carbocycles. The van der Waals surface area contributed by atoms with E-state index in [1.54, 1.807) is 26.8 Å². The van der Waals surface area contributed by atoms with Crippen LogP contribution in [0.5, 0.6) is 0 Å². The molecule has 13 nitrogen and oxygen atoms in total. The number of aryl methyl sites for hydroxylation is 2. The average molecular weight is 882 g/mol. The molecule has 13 heteroatoms. The average Bonchev–Trinajstić information content (AvgIpc) is 3.84. The standard InChI is InChI=1S/C52H67N9O4/c1-7-36-30-38-39(52(5,6)47-45(46(38)62)37-16-15-35(32-53)29-42(37)56-47)31-44(36)60-26-19-34(20-27-60)28-33-17-24-59(25-18-33)22-11-21-55-48(63)41(58-50(64)65-51(2,3)4)13-10-23-61-43-14-9-8-12-40(43)57-49(61)54/h8-9,12,14-16,29-31,33-34,41,56H,7,10-11,13,17-28H2,1-6H3,(H2,54,57)(H,55,63)(H,58,64)/t41-/m0/s1. The highest BCUT2D eigenvalue weighted by Crippen LogP contribution is 2.46. The van der Waals surface area contributed by atoms with Gasteiger partial charge in [0, 0.05) is 59.4 Å². The fourth-order valence-corrected chi connectivity index (χ4v) is 10.6. The van der Waals surface area contributed by atoms with Crippen LogP contribution in [0.3, 0.4) is 0 Å². The summed E-state index contributed by atoms with van der Waals surface area (Å²) in [6.07, 6.45) is 8.16. The van der Waals surface area contributed by atoms with Crippen LogP contribution in [0.4, 0.5) is 16.4 Å². The maximum Gasteiger partial charge on any atom is 0.408 e. The fourth-order valence-electron chi connectivity index (χ4n) is 10.6. The lowest BCUT2D eigenvalue weighted by Gasteiger charge is -2.39. The molecule has 2 saturated heterocycles. The van der Waals surface area contributed by atoms with Crippen molar-refractivity contribution in [3.8, 4) is 6.07 Å². The van der Waals surface area contributed by atoms with E-state index in [0.29, 0.717) is 43.4 Å². The van der Waals surface area contributed by atoms with E-state index in [2.05, 4.69) is 69.4 Å². The number of nitrogen functional groups attached to an aromatic ring is 1. The third-order valence-corrected chi connectivity index (χ3v) is 14.1. The molecule has 2 fully saturated rings. The van der Waals surface area contributed by atoms with Gasteiger partial charge in [-0.05, 0) is 158 Å². The van der Waals surface area contributed by atoms with Gasteiger partial charge in [0.05, 0.1) is 28.2 Å². The van der Waals surface area contributed by atoms with Crippen LogP contribution < -0.4 is 21.3 Å². The summed E-state index contributed by atoms with van der Waals surface area (Å²) < 4.78 is 7.44. The molecule has 2 aliphatic heterocycles. The van der Waals surface area contributed by atoms with Crippen LogP contribution in [0.1, 0.15) is 131 Å². The molecule has 0 bridgehead atoms. The summed E-state index contributed by atoms with van der Waals surface area (Å²) in [5.41, 5.74) is 14.4. The number of ketones is 1. The molecule has 4 heterocycles. The van der Waals surface area contributed by atoms with E-state index in [-0.39, 0.29) is 11.7 Å². The van der Waals surface area contributed by atoms with E-state index >= 15 is 0 Å². The molecule has 8 rings (SSSR count). The summed E-state index contributed by atoms with van der Waals surface area (Å²) >= 11 is 0. The number of nitrogens with one attached hydrogen (secondary N) is 3. The molecule has 344 valence electrons. The van der Waals surface area contributed by atoms with Gasteiger partial charge in [-0.1, -0.05) is 39.0 Å². The van der Waals surface area contributed by atoms with E-state index in [4.69, 9.17) is 10.5 Å². The van der Waals surface area contributed by atoms with Crippen molar-refractivity contribution in [3.63, 3.8) is 0 Å². The summed E-state index contributed by atoms with van der Waals surface area (Å²) in [6.45, 7) is 18.3. The van der Waals surface area contributed by atoms with E-state index in [1.807, 2.05) is 41.0 Å². The molecule has 0 radical (unpaired) electrons. The monoisotopic (exact) mass is 882 g/mol. The number of benzene rings is 3. The Morgan fingerprint density at radius 2 is 1.72 bits per heavy atom. The highest BCUT2D eigenvalue weighted by atomic mass is 16.6. The summed E-state index contributed by atoms with van der Waals surface area (Å²) in [5.74, 6) is 1.73. The zero-order valence-electron chi connectivity index (χ0n) is 39.2. The van der Waals surface area contributed by atoms with Crippen molar-refractivity contribution in [2.24, 2.45) is 11.8 Å². The van der Waals surface area contributed by atoms with Gasteiger partial charge in [0.15, 0.2) is 5.78 Å². The Bertz CT molecular complexity index is 2600. The van der Waals surface area contributed by atoms with E-state index in [0.717, 1.165) is 95.8 Å². The molecule has 2 aromatic heterocycles. The Labute approximate surface area is 383 Å². The first-order valence-corrected chi connectivity index (χ1v) is 23.9. The second kappa shape index (κ2) is 18.9. The number of aromatic amines is 1. The van der Waals surface area contributed by atoms with Crippen molar-refractivity contribution < 1.29 is 19.1 Å². The van der Waals surface area contributed by atoms with Gasteiger partial charge in [-0.25, -0.2) is 9.78 Å². The number of carbonyl (C=O) groups excluding carboxylic acids is 3. The molecular weight excluding hydrogens is 815 g/mol. The van der Waals surface area contributed by atoms with Gasteiger partial charge < -0.3 is 40.5 Å². The lowest BCUT2D eigenvalue weighted by Crippen LogP contribution is -2.48. The van der Waals surface area contributed by atoms with Gasteiger partial charge in [0.1, 0.15) is 11.6 Å². The van der Waals surface area contributed by atoms with Crippen molar-refractivity contribution >= 4 is 51.4 Å². The number of likely N-dealkylation sites (tertiary alicyclic amines) is 1. The third-order valence-electron chi connectivity index (χ3n) is 14.1. The van der Waals surface area contributed by atoms with Crippen LogP contribution in [0.25, 0.3) is 21.9 Å². The number of nitrogens with zero attached hydrogens (tertiary/aromatic N) is 5. The van der Waals surface area contributed by atoms with Gasteiger partial charge in [0.25, 0.3) is 0 Å². The number of hydrogen-bond acceptors (Lipinski definition) is 9. The SMILES string of the molecule is CCc1cc2c(cc1N1CCC(CC3CCN(CCCNC(=O)[C@H](CCCn4c(N)nc5ccccc54)NC(=O)OC(C)(C)C)CC3)CC1)C(C)(C)c1[nH]c3cc(C#N)ccc3c1C2=O. The van der Waals surface area contributed by atoms with E-state index < -0.39 is 23.2 Å². The topological polar surface area (TPSA) is 174 Å². The Balaban J connectivity index is 0.790. The van der Waals surface area contributed by atoms with Crippen LogP contribution in [-0.2, 0) is 27.9 Å². The molecule has 0 unspecified atom stereocenters. The van der Waals surface area contributed by atoms with Gasteiger partial charge in [0.2, 0.25) is 11.9 Å². The number of fused-ring (bicyclic) bond motifs is 5. The normalized spacial score (nSPS) is 17.4. The number of nitriles is 1. The van der Waals surface area contributed by atoms with Crippen LogP contribution in [0, 0.1) is 23.2 Å². The number of alkyl carbamates (subject to hydrolysis) is 1. The Morgan fingerprint density at radius 3 is 2.43 bits per heavy atom. The number of imidazole rings is 1. The number of nitrogens with two attached hydrogens (primary N) is 1. The zero-order valence-corrected chi connectivity index (χ0v) is 39.2. The number of anilines is 2. The third kappa shape index (κ3) is 9.88. The first-order chi connectivity index (χ1) is 31.1. The molecular formula is C52H67N9O4. The minimum atomic E-state index is -0.733. The number of ether oxygens (including phenoxy) is 1. The number of para-hydroxylation sites is 2. The first kappa shape index (κ1) is 45.7. The van der Waals surface area contributed by atoms with Crippen molar-refractivity contribution in [2.75, 3.05) is 49.9 Å². The summed E-state index contributed by atoms with van der Waals surface area (Å²) in [4.78, 5) is 53.4. The quantitative estimate of drug-likeness (QED) is 0.0797. The molecule has 2 amide bonds. The number of rotatable bonds is 14. The van der Waals surface area contributed by atoms with Crippen molar-refractivity contribution in [3.05, 3.63) is 88.1 Å². The number of hydrogen-bond donors (Lipinski definition) is 4. The predicted octanol–water partition coefficient (Wildman–Crippen LogP) is 8.60. The summed E-state index contributed by atoms with van der Waals surface area (Å²) in [6, 6.07) is 19.3. The molecule has 0 spiro atoms. The molecule has 1 atom stereocenters. The molecule has 65 heavy (non-hydrogen) atoms. The smallest absolute Gasteiger partial charge is 0.408 e. The fraction of sp³-hybridized carbons (Fsp3) is 0.519. The maximum absolute atomic E-state index is 14.2. The van der Waals surface area contributed by atoms with Crippen LogP contribution in [0.2, 0.25) is 0 Å². The predicted molar refractivity (Wildman–Crippen MR) is 257 cm³/mol. The Morgan fingerprint density at radius 1 is 1.00 bits per heavy atom. The number of piperidine rings is 2. The Hall–Kier alpha value is -5.87. The highest BCUT2D eigenvalue weighted by Gasteiger charge is 2.41. The largest absolute Gasteiger partial charge is 0.444 e. The molecule has 1 aliphatic carbocycles. The molecule has 3 aliphatic rings. The van der Waals surface area contributed by atoms with Gasteiger partial charge >= 0.3 is 6.09 Å². The minimum absolute atomic E-state index is 0.0656. The van der Waals surface area contributed by atoms with Crippen LogP contribution >= 0.6 is 0 Å². The number of aromatic nitrogens is 3. The number of amides is 2. The maximum atomic E-state index is 14.2. The Kier molecular flexibility index (Phi) is 13.3. The van der Waals surface area contributed by atoms with Gasteiger partial charge in [-0.3, -0.25) is 9.59 Å². The van der Waals surface area contributed by atoms with Gasteiger partial charge in [-0.15, -0.1) is 0 Å². The lowest BCUT2D eigenvalue weighted by atomic mass is 9.70. The van der Waals surface area contributed by atoms with Crippen LogP contribution in [0.15, 0.2) is 54.6 Å². The zero-order chi connectivity index (χ0) is 46.0. The van der Waals surface area contributed by atoms with Crippen LogP contribution in [-0.4, -0.2) is 88.1 Å². The number of carbonyl (C=O) groups is 3. The second-order valence-corrected chi connectivity index (χ2v) is 20.1. The molecule has 5 aromatic rings. The summed E-state index contributed by atoms with van der Waals surface area (Å²) in [5, 5.41) is 16.3. The minimum Gasteiger partial charge on any atom is -0.444 e. The van der Waals surface area contributed by atoms with Gasteiger partial charge in [-0.2, -0.15) is 5.26 Å². The number of H-pyrrole nitrogens is 1. The van der Waals surface area contributed by atoms with Crippen molar-refractivity contribution in [2.45, 2.75) is 123 Å². The van der Waals surface area contributed by atoms with E-state index in [1.165, 1.54) is 43.4 Å². The highest BCUT2D eigenvalue weighted by molar-refractivity contribution is 6.20.